The number of ether oxygens (including phenoxy) is 2. The molecule has 3 N–H and O–H groups in total. The zero-order chi connectivity index (χ0) is 39.8. The Morgan fingerprint density at radius 3 is 1.62 bits per heavy atom. The number of rotatable bonds is 8. The van der Waals surface area contributed by atoms with Crippen molar-refractivity contribution in [1.29, 1.82) is 0 Å². The summed E-state index contributed by atoms with van der Waals surface area (Å²) in [7, 11) is -3.76. The monoisotopic (exact) mass is 753 g/mol. The zero-order valence-corrected chi connectivity index (χ0v) is 32.5. The van der Waals surface area contributed by atoms with Gasteiger partial charge >= 0.3 is 11.4 Å². The van der Waals surface area contributed by atoms with Crippen molar-refractivity contribution >= 4 is 18.7 Å². The molecule has 288 valence electrons. The normalized spacial score (nSPS) is 23.0. The maximum absolute atomic E-state index is 12.6. The van der Waals surface area contributed by atoms with Crippen LogP contribution in [-0.2, 0) is 13.9 Å². The molecule has 4 aromatic rings. The number of aromatic nitrogens is 4. The molecular weight excluding hydrogens is 700 g/mol. The van der Waals surface area contributed by atoms with Gasteiger partial charge in [0.2, 0.25) is 0 Å². The van der Waals surface area contributed by atoms with E-state index in [0.717, 1.165) is 6.42 Å². The Morgan fingerprint density at radius 1 is 0.811 bits per heavy atom. The van der Waals surface area contributed by atoms with Gasteiger partial charge in [-0.25, -0.2) is 9.59 Å². The minimum Gasteiger partial charge on any atom is -0.402 e. The molecule has 2 saturated heterocycles. The molecule has 2 fully saturated rings. The highest BCUT2D eigenvalue weighted by Crippen LogP contribution is 2.41. The number of H-pyrrole nitrogens is 2. The highest BCUT2D eigenvalue weighted by molar-refractivity contribution is 6.99. The molecule has 0 spiro atoms. The van der Waals surface area contributed by atoms with Gasteiger partial charge in [-0.05, 0) is 42.1 Å². The van der Waals surface area contributed by atoms with Crippen molar-refractivity contribution in [2.45, 2.75) is 116 Å². The fourth-order valence-electron chi connectivity index (χ4n) is 7.13. The van der Waals surface area contributed by atoms with Crippen molar-refractivity contribution in [3.05, 3.63) is 126 Å². The first-order chi connectivity index (χ1) is 25.6. The number of alkyl halides is 1. The van der Waals surface area contributed by atoms with E-state index in [-0.39, 0.29) is 28.9 Å². The van der Waals surface area contributed by atoms with Crippen molar-refractivity contribution in [2.75, 3.05) is 7.15 Å². The van der Waals surface area contributed by atoms with Gasteiger partial charge in [-0.1, -0.05) is 95.3 Å². The average Bonchev–Trinajstić information content (AvgIpc) is 3.73. The minimum atomic E-state index is -2.76. The van der Waals surface area contributed by atoms with Crippen molar-refractivity contribution in [2.24, 2.45) is 0 Å². The van der Waals surface area contributed by atoms with Crippen LogP contribution in [0.3, 0.4) is 0 Å². The quantitative estimate of drug-likeness (QED) is 0.228. The molecule has 2 aliphatic heterocycles. The molecule has 12 nitrogen and oxygen atoms in total. The molecule has 2 aromatic heterocycles. The smallest absolute Gasteiger partial charge is 0.330 e. The zero-order valence-electron chi connectivity index (χ0n) is 32.5. The molecule has 0 amide bonds. The molecule has 0 bridgehead atoms. The Bertz CT molecular complexity index is 2010. The van der Waals surface area contributed by atoms with Crippen LogP contribution in [0.4, 0.5) is 4.39 Å². The number of hydrogen-bond acceptors (Lipinski definition) is 8. The Balaban J connectivity index is 0.000000271. The maximum atomic E-state index is 12.6. The number of aliphatic hydroxyl groups is 1. The van der Waals surface area contributed by atoms with E-state index in [1.165, 1.54) is 25.7 Å². The van der Waals surface area contributed by atoms with E-state index < -0.39 is 51.0 Å². The second kappa shape index (κ2) is 17.7. The van der Waals surface area contributed by atoms with E-state index in [9.17, 15) is 28.7 Å². The second-order valence-corrected chi connectivity index (χ2v) is 18.6. The number of nitrogens with zero attached hydrogens (tertiary/aromatic N) is 2. The second-order valence-electron chi connectivity index (χ2n) is 14.4. The number of aryl methyl sites for hydroxylation is 2. The summed E-state index contributed by atoms with van der Waals surface area (Å²) in [5.41, 5.74) is -0.797. The summed E-state index contributed by atoms with van der Waals surface area (Å²) < 4.78 is 37.6. The SMILES string of the molecule is CC[C@H]1O[C@@H](n2cc(C)c(=O)[nH]c2=O)C[C@H]1O.CC[C@H]1O[C@@H](n2cc(C)c(=O)[nH]c2=O)C[C@H]1O[Si](c1ccccc1)(c1ccccc1)C(C)(C)C.[2H]CF. The number of aromatic amines is 2. The predicted molar refractivity (Wildman–Crippen MR) is 205 cm³/mol. The van der Waals surface area contributed by atoms with E-state index in [2.05, 4.69) is 86.2 Å². The van der Waals surface area contributed by atoms with E-state index in [0.29, 0.717) is 30.4 Å². The van der Waals surface area contributed by atoms with Crippen molar-refractivity contribution < 1.29 is 24.8 Å². The van der Waals surface area contributed by atoms with Crippen LogP contribution in [0.25, 0.3) is 0 Å². The first-order valence-electron chi connectivity index (χ1n) is 18.6. The van der Waals surface area contributed by atoms with Gasteiger partial charge in [-0.15, -0.1) is 0 Å². The lowest BCUT2D eigenvalue weighted by Gasteiger charge is -2.45. The lowest BCUT2D eigenvalue weighted by molar-refractivity contribution is -0.0218. The average molecular weight is 754 g/mol. The third-order valence-electron chi connectivity index (χ3n) is 9.85. The van der Waals surface area contributed by atoms with Gasteiger partial charge in [0.15, 0.2) is 0 Å². The van der Waals surface area contributed by atoms with E-state index in [1.54, 1.807) is 20.0 Å². The van der Waals surface area contributed by atoms with Crippen LogP contribution < -0.4 is 32.9 Å². The van der Waals surface area contributed by atoms with Crippen LogP contribution in [-0.4, -0.2) is 64.1 Å². The van der Waals surface area contributed by atoms with Gasteiger partial charge in [0.25, 0.3) is 19.4 Å². The third-order valence-corrected chi connectivity index (χ3v) is 14.9. The van der Waals surface area contributed by atoms with Crippen LogP contribution >= 0.6 is 0 Å². The fourth-order valence-corrected chi connectivity index (χ4v) is 11.8. The summed E-state index contributed by atoms with van der Waals surface area (Å²) >= 11 is 0. The molecule has 6 atom stereocenters. The first kappa shape index (κ1) is 40.0. The summed E-state index contributed by atoms with van der Waals surface area (Å²) in [4.78, 5) is 51.9. The highest BCUT2D eigenvalue weighted by atomic mass is 28.4. The van der Waals surface area contributed by atoms with E-state index in [4.69, 9.17) is 15.3 Å². The number of benzene rings is 2. The molecule has 53 heavy (non-hydrogen) atoms. The predicted octanol–water partition coefficient (Wildman–Crippen LogP) is 3.98. The number of hydrogen-bond donors (Lipinski definition) is 3. The summed E-state index contributed by atoms with van der Waals surface area (Å²) in [5, 5.41) is 12.0. The molecule has 0 saturated carbocycles. The van der Waals surface area contributed by atoms with Crippen molar-refractivity contribution in [3.8, 4) is 0 Å². The number of aliphatic hydroxyl groups excluding tert-OH is 1. The number of halogens is 1. The minimum absolute atomic E-state index is 0.155. The van der Waals surface area contributed by atoms with Crippen molar-refractivity contribution in [3.63, 3.8) is 0 Å². The van der Waals surface area contributed by atoms with Gasteiger partial charge in [-0.2, -0.15) is 0 Å². The molecule has 4 heterocycles. The van der Waals surface area contributed by atoms with Crippen LogP contribution in [0.15, 0.2) is 92.2 Å². The molecule has 2 aromatic carbocycles. The highest BCUT2D eigenvalue weighted by Gasteiger charge is 2.53. The third kappa shape index (κ3) is 8.95. The Labute approximate surface area is 311 Å². The topological polar surface area (TPSA) is 158 Å². The Morgan fingerprint density at radius 2 is 1.23 bits per heavy atom. The first-order valence-corrected chi connectivity index (χ1v) is 19.8. The lowest BCUT2D eigenvalue weighted by Crippen LogP contribution is -2.68. The molecule has 0 aliphatic carbocycles. The van der Waals surface area contributed by atoms with Crippen LogP contribution in [0.2, 0.25) is 5.04 Å². The molecule has 2 aliphatic rings. The van der Waals surface area contributed by atoms with Crippen LogP contribution in [0.1, 0.15) is 85.3 Å². The van der Waals surface area contributed by atoms with Crippen LogP contribution in [0, 0.1) is 13.8 Å². The van der Waals surface area contributed by atoms with Gasteiger partial charge in [-0.3, -0.25) is 33.1 Å². The van der Waals surface area contributed by atoms with Gasteiger partial charge in [0.1, 0.15) is 12.5 Å². The van der Waals surface area contributed by atoms with E-state index in [1.807, 2.05) is 19.1 Å². The fraction of sp³-hybridized carbons (Fsp3) is 0.487. The Kier molecular flexibility index (Phi) is 13.4. The maximum Gasteiger partial charge on any atom is 0.330 e. The summed E-state index contributed by atoms with van der Waals surface area (Å²) in [6.07, 6.45) is 3.24. The summed E-state index contributed by atoms with van der Waals surface area (Å²) in [6, 6.07) is 21.1. The molecular formula is C39H53FN4O8Si. The van der Waals surface area contributed by atoms with Crippen LogP contribution in [0.5, 0.6) is 0 Å². The van der Waals surface area contributed by atoms with Gasteiger partial charge < -0.3 is 19.0 Å². The van der Waals surface area contributed by atoms with E-state index >= 15 is 0 Å². The number of nitrogens with one attached hydrogen (secondary N) is 2. The summed E-state index contributed by atoms with van der Waals surface area (Å²) in [5.74, 6) is 0. The Hall–Kier alpha value is -4.21. The van der Waals surface area contributed by atoms with Gasteiger partial charge in [0, 0.05) is 36.4 Å². The lowest BCUT2D eigenvalue weighted by atomic mass is 10.1. The summed E-state index contributed by atoms with van der Waals surface area (Å²) in [6.45, 7) is 14.1. The van der Waals surface area contributed by atoms with Gasteiger partial charge in [0.05, 0.1) is 32.9 Å². The molecule has 0 radical (unpaired) electrons. The molecule has 0 unspecified atom stereocenters. The molecule has 6 rings (SSSR count). The molecule has 14 heteroatoms. The van der Waals surface area contributed by atoms with Crippen molar-refractivity contribution in [1.82, 2.24) is 19.1 Å². The standard InChI is InChI=1S/C27H34N2O4Si.C11H16N2O4.CH3F/c1-6-22-23(17-24(32-22)29-18-19(2)25(30)28-26(29)31)33-34(27(3,4)5,20-13-9-7-10-14-20)21-15-11-8-12-16-21;1-3-8-7(14)4-9(17-8)13-5-6(2)10(15)12-11(13)16;1-2/h7-16,18,22-24H,6,17H2,1-5H3,(H,28,30,31);5,7-9,14H,3-4H2,1-2H3,(H,12,15,16);1H3/t22-,23-,24-;7-,8-,9-;/m11./s1/i;;1D. The largest absolute Gasteiger partial charge is 0.402 e.